The maximum absolute atomic E-state index is 13.8. The standard InChI is InChI=1S/C21H16BrFN4O/c1-10-3-4-13(7-11(10)2)19-18-17(12-5-6-16(23)15(22)8-12)14(9-24)20(25)28-21(18)27-26-19/h3-8,14,17,25H,1-2H3,(H,26,27). The molecule has 7 heteroatoms. The van der Waals surface area contributed by atoms with Gasteiger partial charge in [0.2, 0.25) is 11.8 Å². The Morgan fingerprint density at radius 3 is 2.68 bits per heavy atom. The van der Waals surface area contributed by atoms with Crippen LogP contribution in [-0.2, 0) is 0 Å². The Morgan fingerprint density at radius 2 is 2.00 bits per heavy atom. The van der Waals surface area contributed by atoms with Crippen molar-refractivity contribution in [2.24, 2.45) is 5.92 Å². The minimum Gasteiger partial charge on any atom is -0.422 e. The highest BCUT2D eigenvalue weighted by Gasteiger charge is 2.41. The quantitative estimate of drug-likeness (QED) is 0.573. The molecule has 0 spiro atoms. The number of aromatic nitrogens is 2. The SMILES string of the molecule is Cc1ccc(-c2[nH]nc3c2C(c2ccc(F)c(Br)c2)C(C#N)C(=N)O3)cc1C. The summed E-state index contributed by atoms with van der Waals surface area (Å²) in [6.45, 7) is 4.07. The van der Waals surface area contributed by atoms with Gasteiger partial charge in [-0.3, -0.25) is 10.5 Å². The Kier molecular flexibility index (Phi) is 4.52. The van der Waals surface area contributed by atoms with Crippen molar-refractivity contribution in [3.8, 4) is 23.2 Å². The normalized spacial score (nSPS) is 18.3. The van der Waals surface area contributed by atoms with Gasteiger partial charge < -0.3 is 4.74 Å². The number of fused-ring (bicyclic) bond motifs is 1. The van der Waals surface area contributed by atoms with E-state index in [2.05, 4.69) is 32.2 Å². The summed E-state index contributed by atoms with van der Waals surface area (Å²) in [6.07, 6.45) is 0. The highest BCUT2D eigenvalue weighted by molar-refractivity contribution is 9.10. The minimum absolute atomic E-state index is 0.168. The maximum atomic E-state index is 13.8. The van der Waals surface area contributed by atoms with Crippen molar-refractivity contribution in [2.45, 2.75) is 19.8 Å². The molecule has 140 valence electrons. The molecular weight excluding hydrogens is 423 g/mol. The van der Waals surface area contributed by atoms with Gasteiger partial charge in [-0.2, -0.15) is 5.26 Å². The molecule has 1 aliphatic heterocycles. The Bertz CT molecular complexity index is 1150. The van der Waals surface area contributed by atoms with Crippen molar-refractivity contribution in [1.82, 2.24) is 10.2 Å². The molecule has 2 N–H and O–H groups in total. The van der Waals surface area contributed by atoms with E-state index in [1.807, 2.05) is 32.0 Å². The number of aryl methyl sites for hydroxylation is 2. The summed E-state index contributed by atoms with van der Waals surface area (Å²) < 4.78 is 19.6. The van der Waals surface area contributed by atoms with E-state index in [4.69, 9.17) is 10.1 Å². The van der Waals surface area contributed by atoms with Gasteiger partial charge in [0.15, 0.2) is 0 Å². The number of hydrogen-bond donors (Lipinski definition) is 2. The van der Waals surface area contributed by atoms with Gasteiger partial charge in [0.05, 0.1) is 21.8 Å². The molecule has 2 aromatic carbocycles. The molecule has 2 heterocycles. The van der Waals surface area contributed by atoms with E-state index < -0.39 is 11.8 Å². The number of halogens is 2. The van der Waals surface area contributed by atoms with Crippen LogP contribution in [0.2, 0.25) is 0 Å². The van der Waals surface area contributed by atoms with Crippen LogP contribution < -0.4 is 4.74 Å². The number of H-pyrrole nitrogens is 1. The molecule has 2 atom stereocenters. The first-order valence-electron chi connectivity index (χ1n) is 8.67. The Morgan fingerprint density at radius 1 is 1.21 bits per heavy atom. The highest BCUT2D eigenvalue weighted by Crippen LogP contribution is 2.46. The van der Waals surface area contributed by atoms with E-state index in [0.717, 1.165) is 16.8 Å². The topological polar surface area (TPSA) is 85.5 Å². The number of nitriles is 1. The second kappa shape index (κ2) is 6.88. The fraction of sp³-hybridized carbons (Fsp3) is 0.190. The van der Waals surface area contributed by atoms with E-state index in [-0.39, 0.29) is 17.6 Å². The van der Waals surface area contributed by atoms with E-state index in [1.54, 1.807) is 12.1 Å². The maximum Gasteiger partial charge on any atom is 0.244 e. The van der Waals surface area contributed by atoms with Gasteiger partial charge in [0.1, 0.15) is 11.7 Å². The number of aromatic amines is 1. The van der Waals surface area contributed by atoms with Gasteiger partial charge in [-0.25, -0.2) is 4.39 Å². The second-order valence-electron chi connectivity index (χ2n) is 6.84. The minimum atomic E-state index is -0.840. The molecule has 0 radical (unpaired) electrons. The fourth-order valence-corrected chi connectivity index (χ4v) is 3.90. The van der Waals surface area contributed by atoms with Crippen LogP contribution in [0, 0.1) is 42.3 Å². The lowest BCUT2D eigenvalue weighted by atomic mass is 9.78. The average molecular weight is 439 g/mol. The highest BCUT2D eigenvalue weighted by atomic mass is 79.9. The van der Waals surface area contributed by atoms with E-state index in [0.29, 0.717) is 15.6 Å². The molecule has 1 aromatic heterocycles. The number of benzene rings is 2. The van der Waals surface area contributed by atoms with Crippen LogP contribution in [0.3, 0.4) is 0 Å². The van der Waals surface area contributed by atoms with Gasteiger partial charge in [-0.05, 0) is 64.7 Å². The summed E-state index contributed by atoms with van der Waals surface area (Å²) in [4.78, 5) is 0. The number of nitrogens with one attached hydrogen (secondary N) is 2. The number of nitrogens with zero attached hydrogens (tertiary/aromatic N) is 2. The lowest BCUT2D eigenvalue weighted by Gasteiger charge is -2.28. The fourth-order valence-electron chi connectivity index (χ4n) is 3.50. The van der Waals surface area contributed by atoms with Crippen molar-refractivity contribution in [3.63, 3.8) is 0 Å². The lowest BCUT2D eigenvalue weighted by molar-refractivity contribution is 0.437. The molecule has 3 aromatic rings. The number of ether oxygens (including phenoxy) is 1. The first-order valence-corrected chi connectivity index (χ1v) is 9.46. The molecular formula is C21H16BrFN4O. The van der Waals surface area contributed by atoms with Crippen LogP contribution in [0.5, 0.6) is 5.88 Å². The Balaban J connectivity index is 1.95. The zero-order chi connectivity index (χ0) is 20.0. The van der Waals surface area contributed by atoms with Crippen molar-refractivity contribution in [2.75, 3.05) is 0 Å². The second-order valence-corrected chi connectivity index (χ2v) is 7.70. The molecule has 1 aliphatic rings. The number of hydrogen-bond acceptors (Lipinski definition) is 4. The van der Waals surface area contributed by atoms with Gasteiger partial charge in [-0.1, -0.05) is 18.2 Å². The van der Waals surface area contributed by atoms with E-state index >= 15 is 0 Å². The molecule has 28 heavy (non-hydrogen) atoms. The average Bonchev–Trinajstić information content (AvgIpc) is 3.08. The van der Waals surface area contributed by atoms with Crippen LogP contribution in [0.15, 0.2) is 40.9 Å². The van der Waals surface area contributed by atoms with Gasteiger partial charge >= 0.3 is 0 Å². The van der Waals surface area contributed by atoms with Gasteiger partial charge in [-0.15, -0.1) is 5.10 Å². The lowest BCUT2D eigenvalue weighted by Crippen LogP contribution is -2.30. The third kappa shape index (κ3) is 2.90. The summed E-state index contributed by atoms with van der Waals surface area (Å²) in [5.74, 6) is -1.63. The largest absolute Gasteiger partial charge is 0.422 e. The molecule has 0 saturated heterocycles. The molecule has 5 nitrogen and oxygen atoms in total. The predicted octanol–water partition coefficient (Wildman–Crippen LogP) is 5.24. The molecule has 0 bridgehead atoms. The Hall–Kier alpha value is -2.98. The summed E-state index contributed by atoms with van der Waals surface area (Å²) in [6, 6.07) is 12.8. The van der Waals surface area contributed by atoms with Crippen molar-refractivity contribution >= 4 is 21.8 Å². The molecule has 4 rings (SSSR count). The molecule has 0 aliphatic carbocycles. The summed E-state index contributed by atoms with van der Waals surface area (Å²) in [7, 11) is 0. The molecule has 0 fully saturated rings. The van der Waals surface area contributed by atoms with E-state index in [9.17, 15) is 9.65 Å². The zero-order valence-corrected chi connectivity index (χ0v) is 16.8. The third-order valence-electron chi connectivity index (χ3n) is 5.14. The van der Waals surface area contributed by atoms with Crippen LogP contribution in [0.25, 0.3) is 11.3 Å². The van der Waals surface area contributed by atoms with Crippen molar-refractivity contribution < 1.29 is 9.13 Å². The van der Waals surface area contributed by atoms with Gasteiger partial charge in [0, 0.05) is 11.5 Å². The van der Waals surface area contributed by atoms with Crippen molar-refractivity contribution in [3.05, 3.63) is 68.9 Å². The molecule has 0 saturated carbocycles. The summed E-state index contributed by atoms with van der Waals surface area (Å²) >= 11 is 3.22. The molecule has 2 unspecified atom stereocenters. The van der Waals surface area contributed by atoms with Crippen LogP contribution in [0.1, 0.15) is 28.2 Å². The monoisotopic (exact) mass is 438 g/mol. The van der Waals surface area contributed by atoms with Crippen LogP contribution in [0.4, 0.5) is 4.39 Å². The smallest absolute Gasteiger partial charge is 0.244 e. The Labute approximate surface area is 169 Å². The first kappa shape index (κ1) is 18.4. The van der Waals surface area contributed by atoms with Gasteiger partial charge in [0.25, 0.3) is 0 Å². The number of rotatable bonds is 2. The first-order chi connectivity index (χ1) is 13.4. The van der Waals surface area contributed by atoms with E-state index in [1.165, 1.54) is 11.6 Å². The van der Waals surface area contributed by atoms with Crippen LogP contribution in [-0.4, -0.2) is 16.1 Å². The zero-order valence-electron chi connectivity index (χ0n) is 15.2. The summed E-state index contributed by atoms with van der Waals surface area (Å²) in [5.41, 5.74) is 5.35. The summed E-state index contributed by atoms with van der Waals surface area (Å²) in [5, 5.41) is 25.1. The molecule has 0 amide bonds. The van der Waals surface area contributed by atoms with Crippen molar-refractivity contribution in [1.29, 1.82) is 10.7 Å². The predicted molar refractivity (Wildman–Crippen MR) is 107 cm³/mol. The van der Waals surface area contributed by atoms with Crippen LogP contribution >= 0.6 is 15.9 Å². The third-order valence-corrected chi connectivity index (χ3v) is 5.75.